The Hall–Kier alpha value is -2.83. The second kappa shape index (κ2) is 9.76. The summed E-state index contributed by atoms with van der Waals surface area (Å²) >= 11 is 0. The molecule has 1 aliphatic rings. The zero-order chi connectivity index (χ0) is 27.3. The predicted octanol–water partition coefficient (Wildman–Crippen LogP) is -0.512. The standard InChI is InChI=1S/C21H24O11/c1-7(24)13-11(5-22)20(16(10(4)27)15(9(3)26)14(13)8(2)25)32-21-19(30)18(29)17(28)12(6-23)31-21/h5,12,17-19,21,23,28-30H,6H2,1-4H3/t12-,17-,18+,19-,21?/m1/s1/i1D,2D,3D,4D. The highest BCUT2D eigenvalue weighted by molar-refractivity contribution is 6.22. The van der Waals surface area contributed by atoms with Crippen LogP contribution < -0.4 is 4.74 Å². The van der Waals surface area contributed by atoms with Gasteiger partial charge in [0.15, 0.2) is 29.4 Å². The predicted molar refractivity (Wildman–Crippen MR) is 106 cm³/mol. The molecule has 1 aliphatic heterocycles. The Morgan fingerprint density at radius 1 is 0.875 bits per heavy atom. The molecule has 32 heavy (non-hydrogen) atoms. The molecule has 2 rings (SSSR count). The molecule has 1 aromatic carbocycles. The lowest BCUT2D eigenvalue weighted by molar-refractivity contribution is -0.277. The van der Waals surface area contributed by atoms with Gasteiger partial charge in [-0.2, -0.15) is 0 Å². The lowest BCUT2D eigenvalue weighted by atomic mass is 9.84. The van der Waals surface area contributed by atoms with Crippen molar-refractivity contribution in [3.63, 3.8) is 0 Å². The van der Waals surface area contributed by atoms with Gasteiger partial charge in [0, 0.05) is 22.2 Å². The topological polar surface area (TPSA) is 185 Å². The molecule has 0 spiro atoms. The van der Waals surface area contributed by atoms with Crippen molar-refractivity contribution < 1.29 is 59.4 Å². The molecule has 1 heterocycles. The molecule has 11 nitrogen and oxygen atoms in total. The molecule has 11 heteroatoms. The number of hydrogen-bond acceptors (Lipinski definition) is 11. The van der Waals surface area contributed by atoms with Gasteiger partial charge in [0.05, 0.1) is 17.7 Å². The van der Waals surface area contributed by atoms with Gasteiger partial charge in [-0.3, -0.25) is 24.0 Å². The number of ether oxygens (including phenoxy) is 2. The van der Waals surface area contributed by atoms with E-state index in [2.05, 4.69) is 0 Å². The summed E-state index contributed by atoms with van der Waals surface area (Å²) in [7, 11) is 0. The maximum atomic E-state index is 12.8. The van der Waals surface area contributed by atoms with E-state index in [1.807, 2.05) is 0 Å². The number of rotatable bonds is 8. The molecule has 1 saturated heterocycles. The molecule has 4 N–H and O–H groups in total. The van der Waals surface area contributed by atoms with Crippen LogP contribution in [-0.4, -0.2) is 87.2 Å². The van der Waals surface area contributed by atoms with Crippen molar-refractivity contribution in [3.8, 4) is 5.75 Å². The number of aliphatic hydroxyl groups is 4. The molecule has 0 aromatic heterocycles. The lowest BCUT2D eigenvalue weighted by Crippen LogP contribution is -2.60. The fraction of sp³-hybridized carbons (Fsp3) is 0.476. The number of carbonyl (C=O) groups excluding carboxylic acids is 5. The summed E-state index contributed by atoms with van der Waals surface area (Å²) in [5.74, 6) is -5.71. The fourth-order valence-electron chi connectivity index (χ4n) is 3.38. The first-order valence-electron chi connectivity index (χ1n) is 11.8. The molecule has 174 valence electrons. The van der Waals surface area contributed by atoms with E-state index in [0.717, 1.165) is 0 Å². The van der Waals surface area contributed by atoms with Crippen LogP contribution in [0.3, 0.4) is 0 Å². The van der Waals surface area contributed by atoms with E-state index < -0.39 is 122 Å². The van der Waals surface area contributed by atoms with Crippen LogP contribution >= 0.6 is 0 Å². The number of aldehydes is 1. The molecule has 1 fully saturated rings. The van der Waals surface area contributed by atoms with Gasteiger partial charge in [0.25, 0.3) is 0 Å². The number of benzene rings is 1. The van der Waals surface area contributed by atoms with E-state index in [9.17, 15) is 44.4 Å². The first-order chi connectivity index (χ1) is 17.0. The third kappa shape index (κ3) is 4.38. The molecular weight excluding hydrogens is 428 g/mol. The van der Waals surface area contributed by atoms with Gasteiger partial charge in [-0.25, -0.2) is 0 Å². The summed E-state index contributed by atoms with van der Waals surface area (Å²) in [6.45, 7) is -5.09. The lowest BCUT2D eigenvalue weighted by Gasteiger charge is -2.40. The maximum Gasteiger partial charge on any atom is 0.229 e. The van der Waals surface area contributed by atoms with Crippen LogP contribution in [-0.2, 0) is 4.74 Å². The number of hydrogen-bond donors (Lipinski definition) is 4. The molecule has 0 aliphatic carbocycles. The van der Waals surface area contributed by atoms with E-state index in [0.29, 0.717) is 0 Å². The van der Waals surface area contributed by atoms with Crippen LogP contribution in [0.25, 0.3) is 0 Å². The highest BCUT2D eigenvalue weighted by atomic mass is 16.7. The van der Waals surface area contributed by atoms with Crippen LogP contribution in [0.5, 0.6) is 5.75 Å². The summed E-state index contributed by atoms with van der Waals surface area (Å²) in [6.07, 6.45) is -9.35. The summed E-state index contributed by atoms with van der Waals surface area (Å²) < 4.78 is 40.5. The number of Topliss-reactive ketones (excluding diaryl/α,β-unsaturated/α-hetero) is 4. The van der Waals surface area contributed by atoms with Gasteiger partial charge in [-0.15, -0.1) is 0 Å². The quantitative estimate of drug-likeness (QED) is 0.292. The molecule has 5 atom stereocenters. The first-order valence-corrected chi connectivity index (χ1v) is 9.00. The average molecular weight is 456 g/mol. The van der Waals surface area contributed by atoms with Gasteiger partial charge in [0.2, 0.25) is 6.29 Å². The van der Waals surface area contributed by atoms with Gasteiger partial charge in [-0.1, -0.05) is 0 Å². The summed E-state index contributed by atoms with van der Waals surface area (Å²) in [6, 6.07) is 0. The largest absolute Gasteiger partial charge is 0.460 e. The molecular formula is C21H24O11. The minimum absolute atomic E-state index is 0.0430. The number of carbonyl (C=O) groups is 5. The smallest absolute Gasteiger partial charge is 0.229 e. The Balaban J connectivity index is 3.01. The zero-order valence-corrected chi connectivity index (χ0v) is 16.6. The van der Waals surface area contributed by atoms with Crippen molar-refractivity contribution in [1.29, 1.82) is 0 Å². The normalized spacial score (nSPS) is 26.8. The highest BCUT2D eigenvalue weighted by Gasteiger charge is 2.46. The third-order valence-corrected chi connectivity index (χ3v) is 4.81. The SMILES string of the molecule is [2H]CC(=O)c1c(C=O)c(OC2O[C@H](CO)[C@@H](O)[C@H](O)[C@H]2O)c(C(=O)C[2H])c(C(=O)C[2H])c1C(=O)C[2H]. The molecule has 0 saturated carbocycles. The van der Waals surface area contributed by atoms with Crippen LogP contribution in [0, 0.1) is 0 Å². The Kier molecular flexibility index (Phi) is 6.04. The number of ketones is 4. The number of aliphatic hydroxyl groups excluding tert-OH is 4. The summed E-state index contributed by atoms with van der Waals surface area (Å²) in [4.78, 5) is 63.0. The van der Waals surface area contributed by atoms with Crippen molar-refractivity contribution in [3.05, 3.63) is 27.8 Å². The minimum atomic E-state index is -2.05. The molecule has 0 bridgehead atoms. The van der Waals surface area contributed by atoms with Crippen LogP contribution in [0.2, 0.25) is 0 Å². The van der Waals surface area contributed by atoms with Crippen molar-refractivity contribution >= 4 is 29.4 Å². The van der Waals surface area contributed by atoms with E-state index in [1.54, 1.807) is 0 Å². The van der Waals surface area contributed by atoms with Crippen molar-refractivity contribution in [2.45, 2.75) is 58.3 Å². The average Bonchev–Trinajstić information content (AvgIpc) is 2.90. The third-order valence-electron chi connectivity index (χ3n) is 4.81. The van der Waals surface area contributed by atoms with Gasteiger partial charge < -0.3 is 29.9 Å². The van der Waals surface area contributed by atoms with E-state index in [-0.39, 0.29) is 6.29 Å². The van der Waals surface area contributed by atoms with E-state index in [1.165, 1.54) is 0 Å². The minimum Gasteiger partial charge on any atom is -0.460 e. The monoisotopic (exact) mass is 456 g/mol. The summed E-state index contributed by atoms with van der Waals surface area (Å²) in [5, 5.41) is 39.8. The van der Waals surface area contributed by atoms with Gasteiger partial charge >= 0.3 is 0 Å². The Morgan fingerprint density at radius 2 is 1.38 bits per heavy atom. The second-order valence-electron chi connectivity index (χ2n) is 6.87. The Bertz CT molecular complexity index is 1060. The van der Waals surface area contributed by atoms with Crippen molar-refractivity contribution in [1.82, 2.24) is 0 Å². The Labute approximate surface area is 188 Å². The Morgan fingerprint density at radius 3 is 1.88 bits per heavy atom. The van der Waals surface area contributed by atoms with E-state index >= 15 is 0 Å². The highest BCUT2D eigenvalue weighted by Crippen LogP contribution is 2.37. The van der Waals surface area contributed by atoms with Crippen molar-refractivity contribution in [2.24, 2.45) is 0 Å². The van der Waals surface area contributed by atoms with Crippen LogP contribution in [0.15, 0.2) is 0 Å². The molecule has 0 amide bonds. The fourth-order valence-corrected chi connectivity index (χ4v) is 3.38. The van der Waals surface area contributed by atoms with E-state index in [4.69, 9.17) is 15.0 Å². The molecule has 0 radical (unpaired) electrons. The second-order valence-corrected chi connectivity index (χ2v) is 6.87. The van der Waals surface area contributed by atoms with Crippen LogP contribution in [0.4, 0.5) is 0 Å². The van der Waals surface area contributed by atoms with Gasteiger partial charge in [-0.05, 0) is 27.6 Å². The van der Waals surface area contributed by atoms with Gasteiger partial charge in [0.1, 0.15) is 30.2 Å². The van der Waals surface area contributed by atoms with Crippen LogP contribution in [0.1, 0.15) is 84.9 Å². The first kappa shape index (κ1) is 19.8. The molecule has 1 unspecified atom stereocenters. The maximum absolute atomic E-state index is 12.8. The van der Waals surface area contributed by atoms with Crippen molar-refractivity contribution in [2.75, 3.05) is 6.61 Å². The summed E-state index contributed by atoms with van der Waals surface area (Å²) in [5.41, 5.74) is -4.27. The zero-order valence-electron chi connectivity index (χ0n) is 20.6. The molecule has 1 aromatic rings.